The monoisotopic (exact) mass is 297 g/mol. The van der Waals surface area contributed by atoms with Crippen LogP contribution in [0.4, 0.5) is 0 Å². The number of ether oxygens (including phenoxy) is 2. The molecule has 0 aliphatic carbocycles. The minimum absolute atomic E-state index is 0.366. The number of esters is 1. The van der Waals surface area contributed by atoms with Crippen molar-refractivity contribution in [3.63, 3.8) is 0 Å². The number of hydrogen-bond donors (Lipinski definition) is 0. The molecule has 0 aliphatic heterocycles. The van der Waals surface area contributed by atoms with Gasteiger partial charge in [0.1, 0.15) is 11.8 Å². The van der Waals surface area contributed by atoms with Crippen LogP contribution in [-0.4, -0.2) is 18.7 Å². The van der Waals surface area contributed by atoms with Crippen LogP contribution < -0.4 is 4.74 Å². The maximum atomic E-state index is 11.4. The van der Waals surface area contributed by atoms with Gasteiger partial charge in [-0.3, -0.25) is 0 Å². The zero-order valence-electron chi connectivity index (χ0n) is 9.78. The molecule has 5 heteroatoms. The van der Waals surface area contributed by atoms with Crippen molar-refractivity contribution >= 4 is 21.9 Å². The SMILES string of the molecule is COC(=O)c1cc(Br)cc(OC(C)(C)C#N)c1. The molecule has 0 saturated heterocycles. The van der Waals surface area contributed by atoms with Crippen LogP contribution in [0, 0.1) is 11.3 Å². The van der Waals surface area contributed by atoms with E-state index in [-0.39, 0.29) is 0 Å². The Hall–Kier alpha value is -1.54. The van der Waals surface area contributed by atoms with E-state index in [4.69, 9.17) is 10.00 Å². The van der Waals surface area contributed by atoms with Gasteiger partial charge >= 0.3 is 5.97 Å². The third kappa shape index (κ3) is 3.75. The van der Waals surface area contributed by atoms with Gasteiger partial charge in [-0.1, -0.05) is 15.9 Å². The summed E-state index contributed by atoms with van der Waals surface area (Å²) in [6.45, 7) is 3.29. The second kappa shape index (κ2) is 5.19. The van der Waals surface area contributed by atoms with Gasteiger partial charge in [0.2, 0.25) is 0 Å². The van der Waals surface area contributed by atoms with Gasteiger partial charge in [-0.05, 0) is 32.0 Å². The summed E-state index contributed by atoms with van der Waals surface area (Å²) >= 11 is 3.27. The van der Waals surface area contributed by atoms with Crippen molar-refractivity contribution in [1.29, 1.82) is 5.26 Å². The Kier molecular flexibility index (Phi) is 4.13. The first kappa shape index (κ1) is 13.5. The summed E-state index contributed by atoms with van der Waals surface area (Å²) in [4.78, 5) is 11.4. The minimum Gasteiger partial charge on any atom is -0.473 e. The van der Waals surface area contributed by atoms with Gasteiger partial charge in [-0.15, -0.1) is 0 Å². The lowest BCUT2D eigenvalue weighted by Gasteiger charge is -2.18. The van der Waals surface area contributed by atoms with Crippen LogP contribution in [0.25, 0.3) is 0 Å². The van der Waals surface area contributed by atoms with Crippen molar-refractivity contribution in [2.45, 2.75) is 19.4 Å². The molecule has 0 N–H and O–H groups in total. The van der Waals surface area contributed by atoms with Gasteiger partial charge < -0.3 is 9.47 Å². The fraction of sp³-hybridized carbons (Fsp3) is 0.333. The molecular formula is C12H12BrNO3. The second-order valence-electron chi connectivity index (χ2n) is 3.89. The number of rotatable bonds is 3. The van der Waals surface area contributed by atoms with Gasteiger partial charge in [0.25, 0.3) is 0 Å². The summed E-state index contributed by atoms with van der Waals surface area (Å²) in [5, 5.41) is 8.87. The van der Waals surface area contributed by atoms with E-state index < -0.39 is 11.6 Å². The number of halogens is 1. The van der Waals surface area contributed by atoms with Crippen LogP contribution in [0.2, 0.25) is 0 Å². The molecule has 0 saturated carbocycles. The molecule has 17 heavy (non-hydrogen) atoms. The molecule has 1 rings (SSSR count). The standard InChI is InChI=1S/C12H12BrNO3/c1-12(2,7-14)17-10-5-8(11(15)16-3)4-9(13)6-10/h4-6H,1-3H3. The average molecular weight is 298 g/mol. The van der Waals surface area contributed by atoms with Gasteiger partial charge in [0.15, 0.2) is 5.60 Å². The minimum atomic E-state index is -0.950. The number of nitrogens with zero attached hydrogens (tertiary/aromatic N) is 1. The normalized spacial score (nSPS) is 10.5. The summed E-state index contributed by atoms with van der Waals surface area (Å²) < 4.78 is 10.8. The molecule has 4 nitrogen and oxygen atoms in total. The van der Waals surface area contributed by atoms with E-state index in [0.717, 1.165) is 0 Å². The van der Waals surface area contributed by atoms with Crippen LogP contribution >= 0.6 is 15.9 Å². The van der Waals surface area contributed by atoms with Crippen LogP contribution in [0.3, 0.4) is 0 Å². The summed E-state index contributed by atoms with van der Waals surface area (Å²) in [7, 11) is 1.31. The molecule has 0 amide bonds. The summed E-state index contributed by atoms with van der Waals surface area (Å²) in [5.74, 6) is -0.0164. The number of carbonyl (C=O) groups is 1. The highest BCUT2D eigenvalue weighted by Crippen LogP contribution is 2.25. The number of carbonyl (C=O) groups excluding carboxylic acids is 1. The Bertz CT molecular complexity index is 477. The lowest BCUT2D eigenvalue weighted by molar-refractivity contribution is 0.0599. The van der Waals surface area contributed by atoms with Crippen LogP contribution in [0.5, 0.6) is 5.75 Å². The molecule has 0 bridgehead atoms. The number of methoxy groups -OCH3 is 1. The predicted molar refractivity (Wildman–Crippen MR) is 65.8 cm³/mol. The molecule has 0 unspecified atom stereocenters. The van der Waals surface area contributed by atoms with E-state index in [1.54, 1.807) is 26.0 Å². The van der Waals surface area contributed by atoms with Crippen LogP contribution in [-0.2, 0) is 4.74 Å². The second-order valence-corrected chi connectivity index (χ2v) is 4.81. The number of hydrogen-bond acceptors (Lipinski definition) is 4. The van der Waals surface area contributed by atoms with Crippen molar-refractivity contribution in [3.8, 4) is 11.8 Å². The Morgan fingerprint density at radius 2 is 2.06 bits per heavy atom. The van der Waals surface area contributed by atoms with E-state index in [0.29, 0.717) is 15.8 Å². The molecular weight excluding hydrogens is 286 g/mol. The quantitative estimate of drug-likeness (QED) is 0.805. The first-order valence-corrected chi connectivity index (χ1v) is 5.66. The largest absolute Gasteiger partial charge is 0.473 e. The molecule has 0 heterocycles. The number of benzene rings is 1. The van der Waals surface area contributed by atoms with E-state index in [2.05, 4.69) is 20.7 Å². The highest BCUT2D eigenvalue weighted by Gasteiger charge is 2.19. The highest BCUT2D eigenvalue weighted by atomic mass is 79.9. The maximum Gasteiger partial charge on any atom is 0.338 e. The van der Waals surface area contributed by atoms with Gasteiger partial charge in [-0.2, -0.15) is 5.26 Å². The van der Waals surface area contributed by atoms with E-state index >= 15 is 0 Å². The third-order valence-electron chi connectivity index (χ3n) is 1.93. The van der Waals surface area contributed by atoms with Gasteiger partial charge in [-0.25, -0.2) is 4.79 Å². The Morgan fingerprint density at radius 3 is 2.59 bits per heavy atom. The first-order chi connectivity index (χ1) is 7.88. The fourth-order valence-corrected chi connectivity index (χ4v) is 1.65. The molecule has 1 aromatic rings. The lowest BCUT2D eigenvalue weighted by Crippen LogP contribution is -2.25. The molecule has 90 valence electrons. The van der Waals surface area contributed by atoms with Crippen molar-refractivity contribution < 1.29 is 14.3 Å². The Labute approximate surface area is 108 Å². The summed E-state index contributed by atoms with van der Waals surface area (Å²) in [5.41, 5.74) is -0.584. The van der Waals surface area contributed by atoms with Crippen molar-refractivity contribution in [3.05, 3.63) is 28.2 Å². The van der Waals surface area contributed by atoms with Crippen molar-refractivity contribution in [2.75, 3.05) is 7.11 Å². The molecule has 1 aromatic carbocycles. The predicted octanol–water partition coefficient (Wildman–Crippen LogP) is 2.92. The molecule has 0 atom stereocenters. The highest BCUT2D eigenvalue weighted by molar-refractivity contribution is 9.10. The smallest absolute Gasteiger partial charge is 0.338 e. The topological polar surface area (TPSA) is 59.3 Å². The van der Waals surface area contributed by atoms with E-state index in [9.17, 15) is 4.79 Å². The molecule has 0 aliphatic rings. The van der Waals surface area contributed by atoms with E-state index in [1.165, 1.54) is 13.2 Å². The molecule has 0 aromatic heterocycles. The average Bonchev–Trinajstić information content (AvgIpc) is 2.26. The summed E-state index contributed by atoms with van der Waals surface area (Å²) in [6, 6.07) is 6.86. The van der Waals surface area contributed by atoms with Crippen LogP contribution in [0.15, 0.2) is 22.7 Å². The molecule has 0 spiro atoms. The van der Waals surface area contributed by atoms with Crippen LogP contribution in [0.1, 0.15) is 24.2 Å². The fourth-order valence-electron chi connectivity index (χ4n) is 1.17. The molecule has 0 fully saturated rings. The Morgan fingerprint density at radius 1 is 1.41 bits per heavy atom. The summed E-state index contributed by atoms with van der Waals surface area (Å²) in [6.07, 6.45) is 0. The van der Waals surface area contributed by atoms with Crippen molar-refractivity contribution in [1.82, 2.24) is 0 Å². The third-order valence-corrected chi connectivity index (χ3v) is 2.39. The lowest BCUT2D eigenvalue weighted by atomic mass is 10.1. The first-order valence-electron chi connectivity index (χ1n) is 4.87. The number of nitriles is 1. The zero-order valence-corrected chi connectivity index (χ0v) is 11.4. The van der Waals surface area contributed by atoms with E-state index in [1.807, 2.05) is 6.07 Å². The maximum absolute atomic E-state index is 11.4. The molecule has 0 radical (unpaired) electrons. The van der Waals surface area contributed by atoms with Crippen molar-refractivity contribution in [2.24, 2.45) is 0 Å². The van der Waals surface area contributed by atoms with Gasteiger partial charge in [0, 0.05) is 4.47 Å². The Balaban J connectivity index is 3.07. The zero-order chi connectivity index (χ0) is 13.1. The van der Waals surface area contributed by atoms with Gasteiger partial charge in [0.05, 0.1) is 12.7 Å².